The minimum atomic E-state index is -1.99. The highest BCUT2D eigenvalue weighted by molar-refractivity contribution is 6.09. The second-order valence-electron chi connectivity index (χ2n) is 6.00. The van der Waals surface area contributed by atoms with Crippen molar-refractivity contribution in [2.24, 2.45) is 0 Å². The van der Waals surface area contributed by atoms with Crippen molar-refractivity contribution < 1.29 is 19.6 Å². The predicted octanol–water partition coefficient (Wildman–Crippen LogP) is 1.88. The molecule has 9 heteroatoms. The molecule has 0 saturated heterocycles. The third kappa shape index (κ3) is 2.33. The van der Waals surface area contributed by atoms with Crippen LogP contribution in [0.5, 0.6) is 0 Å². The molecule has 4 rings (SSSR count). The van der Waals surface area contributed by atoms with Gasteiger partial charge >= 0.3 is 0 Å². The lowest BCUT2D eigenvalue weighted by atomic mass is 9.90. The zero-order chi connectivity index (χ0) is 18.5. The molecule has 0 fully saturated rings. The molecule has 1 aromatic heterocycles. The summed E-state index contributed by atoms with van der Waals surface area (Å²) in [4.78, 5) is 41.9. The minimum absolute atomic E-state index is 0.0777. The number of Topliss-reactive ketones (excluding diaryl/α,β-unsaturated/α-hetero) is 1. The van der Waals surface area contributed by atoms with Gasteiger partial charge in [-0.3, -0.25) is 19.7 Å². The second kappa shape index (κ2) is 5.46. The first-order valence-electron chi connectivity index (χ1n) is 7.69. The normalized spacial score (nSPS) is 18.6. The predicted molar refractivity (Wildman–Crippen MR) is 90.7 cm³/mol. The van der Waals surface area contributed by atoms with E-state index in [0.717, 1.165) is 0 Å². The lowest BCUT2D eigenvalue weighted by Crippen LogP contribution is -2.36. The maximum Gasteiger partial charge on any atom is 0.271 e. The van der Waals surface area contributed by atoms with E-state index >= 15 is 0 Å². The fourth-order valence-electron chi connectivity index (χ4n) is 3.04. The Hall–Kier alpha value is -3.59. The van der Waals surface area contributed by atoms with Crippen molar-refractivity contribution in [1.29, 1.82) is 0 Å². The van der Waals surface area contributed by atoms with E-state index in [9.17, 15) is 24.8 Å². The summed E-state index contributed by atoms with van der Waals surface area (Å²) < 4.78 is 0. The van der Waals surface area contributed by atoms with Gasteiger partial charge in [-0.15, -0.1) is 0 Å². The molecule has 1 atom stereocenters. The lowest BCUT2D eigenvalue weighted by molar-refractivity contribution is -0.384. The SMILES string of the molecule is O=C(C[C@]1(O)C(=O)Nc2ccccc21)c1nc2ccc([N+](=O)[O-])cc2[nH]1. The maximum absolute atomic E-state index is 12.6. The molecule has 3 aromatic rings. The number of hydrogen-bond acceptors (Lipinski definition) is 6. The van der Waals surface area contributed by atoms with Crippen LogP contribution in [0.2, 0.25) is 0 Å². The van der Waals surface area contributed by atoms with Crippen molar-refractivity contribution in [2.75, 3.05) is 5.32 Å². The number of benzene rings is 2. The van der Waals surface area contributed by atoms with Gasteiger partial charge in [0.15, 0.2) is 11.4 Å². The number of nitrogens with one attached hydrogen (secondary N) is 2. The Morgan fingerprint density at radius 3 is 2.81 bits per heavy atom. The summed E-state index contributed by atoms with van der Waals surface area (Å²) in [6.45, 7) is 0. The molecule has 0 radical (unpaired) electrons. The van der Waals surface area contributed by atoms with Gasteiger partial charge in [0, 0.05) is 23.4 Å². The number of non-ortho nitro benzene ring substituents is 1. The van der Waals surface area contributed by atoms with Crippen molar-refractivity contribution >= 4 is 34.1 Å². The molecule has 0 aliphatic carbocycles. The van der Waals surface area contributed by atoms with Gasteiger partial charge < -0.3 is 15.4 Å². The molecule has 2 aromatic carbocycles. The quantitative estimate of drug-likeness (QED) is 0.372. The number of nitro groups is 1. The Balaban J connectivity index is 1.67. The average Bonchev–Trinajstić information content (AvgIpc) is 3.14. The number of carbonyl (C=O) groups is 2. The maximum atomic E-state index is 12.6. The Bertz CT molecular complexity index is 1090. The molecule has 0 saturated carbocycles. The number of hydrogen-bond donors (Lipinski definition) is 3. The van der Waals surface area contributed by atoms with Crippen molar-refractivity contribution in [3.63, 3.8) is 0 Å². The van der Waals surface area contributed by atoms with E-state index < -0.39 is 28.6 Å². The van der Waals surface area contributed by atoms with E-state index in [-0.39, 0.29) is 11.5 Å². The summed E-state index contributed by atoms with van der Waals surface area (Å²) in [5.74, 6) is -1.34. The fraction of sp³-hybridized carbons (Fsp3) is 0.118. The van der Waals surface area contributed by atoms with Crippen molar-refractivity contribution in [3.8, 4) is 0 Å². The highest BCUT2D eigenvalue weighted by Crippen LogP contribution is 2.38. The smallest absolute Gasteiger partial charge is 0.271 e. The van der Waals surface area contributed by atoms with E-state index in [0.29, 0.717) is 22.3 Å². The molecule has 130 valence electrons. The number of rotatable bonds is 4. The van der Waals surface area contributed by atoms with Crippen LogP contribution >= 0.6 is 0 Å². The third-order valence-electron chi connectivity index (χ3n) is 4.35. The van der Waals surface area contributed by atoms with Crippen LogP contribution in [0, 0.1) is 10.1 Å². The number of H-pyrrole nitrogens is 1. The standard InChI is InChI=1S/C17H12N4O5/c22-14(8-17(24)10-3-1-2-4-11(10)20-16(17)23)15-18-12-6-5-9(21(25)26)7-13(12)19-15/h1-7,24H,8H2,(H,18,19)(H,20,23)/t17-/m1/s1. The fourth-order valence-corrected chi connectivity index (χ4v) is 3.04. The Labute approximate surface area is 145 Å². The van der Waals surface area contributed by atoms with Gasteiger partial charge in [0.2, 0.25) is 5.78 Å². The summed E-state index contributed by atoms with van der Waals surface area (Å²) in [7, 11) is 0. The lowest BCUT2D eigenvalue weighted by Gasteiger charge is -2.19. The van der Waals surface area contributed by atoms with Crippen molar-refractivity contribution in [3.05, 3.63) is 64.0 Å². The van der Waals surface area contributed by atoms with Crippen molar-refractivity contribution in [2.45, 2.75) is 12.0 Å². The first-order chi connectivity index (χ1) is 12.4. The Morgan fingerprint density at radius 2 is 2.04 bits per heavy atom. The number of ketones is 1. The number of aromatic nitrogens is 2. The molecule has 26 heavy (non-hydrogen) atoms. The number of amides is 1. The number of fused-ring (bicyclic) bond motifs is 2. The number of anilines is 1. The molecule has 0 unspecified atom stereocenters. The first kappa shape index (κ1) is 15.9. The number of nitro benzene ring substituents is 1. The molecule has 1 amide bonds. The zero-order valence-electron chi connectivity index (χ0n) is 13.2. The van der Waals surface area contributed by atoms with E-state index in [1.807, 2.05) is 0 Å². The highest BCUT2D eigenvalue weighted by atomic mass is 16.6. The number of para-hydroxylation sites is 1. The van der Waals surface area contributed by atoms with E-state index in [4.69, 9.17) is 0 Å². The summed E-state index contributed by atoms with van der Waals surface area (Å²) in [6.07, 6.45) is -0.502. The largest absolute Gasteiger partial charge is 0.375 e. The van der Waals surface area contributed by atoms with Crippen LogP contribution in [0.4, 0.5) is 11.4 Å². The molecule has 0 bridgehead atoms. The monoisotopic (exact) mass is 352 g/mol. The Morgan fingerprint density at radius 1 is 1.27 bits per heavy atom. The first-order valence-corrected chi connectivity index (χ1v) is 7.69. The van der Waals surface area contributed by atoms with Gasteiger partial charge in [0.25, 0.3) is 11.6 Å². The second-order valence-corrected chi connectivity index (χ2v) is 6.00. The summed E-state index contributed by atoms with van der Waals surface area (Å²) in [5.41, 5.74) is -0.646. The highest BCUT2D eigenvalue weighted by Gasteiger charge is 2.47. The van der Waals surface area contributed by atoms with Crippen LogP contribution in [-0.4, -0.2) is 31.7 Å². The van der Waals surface area contributed by atoms with Gasteiger partial charge in [0.1, 0.15) is 0 Å². The van der Waals surface area contributed by atoms with E-state index in [1.54, 1.807) is 24.3 Å². The number of carbonyl (C=O) groups excluding carboxylic acids is 2. The van der Waals surface area contributed by atoms with E-state index in [2.05, 4.69) is 15.3 Å². The molecule has 2 heterocycles. The van der Waals surface area contributed by atoms with Crippen molar-refractivity contribution in [1.82, 2.24) is 9.97 Å². The third-order valence-corrected chi connectivity index (χ3v) is 4.35. The zero-order valence-corrected chi connectivity index (χ0v) is 13.2. The topological polar surface area (TPSA) is 138 Å². The van der Waals surface area contributed by atoms with Crippen LogP contribution in [0.1, 0.15) is 22.6 Å². The van der Waals surface area contributed by atoms with Crippen LogP contribution in [-0.2, 0) is 10.4 Å². The van der Waals surface area contributed by atoms with E-state index in [1.165, 1.54) is 18.2 Å². The summed E-state index contributed by atoms with van der Waals surface area (Å²) >= 11 is 0. The average molecular weight is 352 g/mol. The Kier molecular flexibility index (Phi) is 3.34. The van der Waals surface area contributed by atoms with Crippen LogP contribution < -0.4 is 5.32 Å². The minimum Gasteiger partial charge on any atom is -0.375 e. The molecule has 1 aliphatic heterocycles. The molecular weight excluding hydrogens is 340 g/mol. The molecule has 0 spiro atoms. The van der Waals surface area contributed by atoms with Crippen LogP contribution in [0.3, 0.4) is 0 Å². The summed E-state index contributed by atoms with van der Waals surface area (Å²) in [5, 5.41) is 24.2. The van der Waals surface area contributed by atoms with Gasteiger partial charge in [-0.1, -0.05) is 18.2 Å². The van der Waals surface area contributed by atoms with Gasteiger partial charge in [-0.05, 0) is 12.1 Å². The molecule has 1 aliphatic rings. The van der Waals surface area contributed by atoms with Crippen LogP contribution in [0.25, 0.3) is 11.0 Å². The molecule has 3 N–H and O–H groups in total. The number of aromatic amines is 1. The van der Waals surface area contributed by atoms with Crippen LogP contribution in [0.15, 0.2) is 42.5 Å². The number of nitrogens with zero attached hydrogens (tertiary/aromatic N) is 2. The summed E-state index contributed by atoms with van der Waals surface area (Å²) in [6, 6.07) is 10.6. The number of imidazole rings is 1. The number of aliphatic hydroxyl groups is 1. The molecular formula is C17H12N4O5. The van der Waals surface area contributed by atoms with Gasteiger partial charge in [-0.25, -0.2) is 4.98 Å². The molecule has 9 nitrogen and oxygen atoms in total. The van der Waals surface area contributed by atoms with Gasteiger partial charge in [-0.2, -0.15) is 0 Å². The van der Waals surface area contributed by atoms with Gasteiger partial charge in [0.05, 0.1) is 22.4 Å².